The van der Waals surface area contributed by atoms with E-state index in [1.165, 1.54) is 4.90 Å². The molecule has 6 heteroatoms. The first-order valence-electron chi connectivity index (χ1n) is 4.81. The number of amides is 2. The smallest absolute Gasteiger partial charge is 0.328 e. The molecule has 3 N–H and O–H groups in total. The Morgan fingerprint density at radius 3 is 2.69 bits per heavy atom. The number of hydrogen-bond donors (Lipinski definition) is 2. The van der Waals surface area contributed by atoms with Crippen LogP contribution in [0.4, 0.5) is 10.5 Å². The van der Waals surface area contributed by atoms with Crippen LogP contribution in [-0.4, -0.2) is 30.0 Å². The van der Waals surface area contributed by atoms with Gasteiger partial charge in [-0.3, -0.25) is 9.89 Å². The van der Waals surface area contributed by atoms with Gasteiger partial charge >= 0.3 is 6.03 Å². The highest BCUT2D eigenvalue weighted by Gasteiger charge is 2.20. The molecule has 2 amide bonds. The third-order valence-electron chi connectivity index (χ3n) is 2.21. The number of nitrogens with one attached hydrogen (secondary N) is 1. The second-order valence-corrected chi connectivity index (χ2v) is 3.77. The number of nitrogens with two attached hydrogens (primary N) is 1. The molecular formula is C10H11ClN4O. The fourth-order valence-electron chi connectivity index (χ4n) is 1.39. The third kappa shape index (κ3) is 2.25. The Bertz CT molecular complexity index is 429. The first kappa shape index (κ1) is 10.8. The topological polar surface area (TPSA) is 70.7 Å². The van der Waals surface area contributed by atoms with Gasteiger partial charge < -0.3 is 11.1 Å². The molecule has 1 heterocycles. The lowest BCUT2D eigenvalue weighted by Crippen LogP contribution is -2.41. The molecule has 1 aliphatic heterocycles. The average molecular weight is 239 g/mol. The van der Waals surface area contributed by atoms with E-state index in [1.807, 2.05) is 0 Å². The van der Waals surface area contributed by atoms with E-state index in [4.69, 9.17) is 17.3 Å². The molecule has 0 bridgehead atoms. The van der Waals surface area contributed by atoms with Gasteiger partial charge in [0.1, 0.15) is 0 Å². The lowest BCUT2D eigenvalue weighted by atomic mass is 10.3. The number of anilines is 1. The van der Waals surface area contributed by atoms with Crippen molar-refractivity contribution in [1.82, 2.24) is 4.90 Å². The van der Waals surface area contributed by atoms with Gasteiger partial charge in [-0.05, 0) is 24.3 Å². The third-order valence-corrected chi connectivity index (χ3v) is 2.47. The van der Waals surface area contributed by atoms with Crippen LogP contribution in [0.5, 0.6) is 0 Å². The summed E-state index contributed by atoms with van der Waals surface area (Å²) < 4.78 is 0. The Balaban J connectivity index is 2.02. The summed E-state index contributed by atoms with van der Waals surface area (Å²) in [6.07, 6.45) is 0. The minimum absolute atomic E-state index is 0.256. The summed E-state index contributed by atoms with van der Waals surface area (Å²) in [5.41, 5.74) is 6.23. The van der Waals surface area contributed by atoms with Crippen molar-refractivity contribution in [3.63, 3.8) is 0 Å². The van der Waals surface area contributed by atoms with Gasteiger partial charge in [0.2, 0.25) is 0 Å². The molecule has 1 aromatic rings. The number of halogens is 1. The summed E-state index contributed by atoms with van der Waals surface area (Å²) in [7, 11) is 0. The van der Waals surface area contributed by atoms with Crippen molar-refractivity contribution in [1.29, 1.82) is 0 Å². The summed E-state index contributed by atoms with van der Waals surface area (Å²) >= 11 is 5.74. The molecule has 2 rings (SSSR count). The maximum atomic E-state index is 11.7. The van der Waals surface area contributed by atoms with Crippen LogP contribution < -0.4 is 11.1 Å². The summed E-state index contributed by atoms with van der Waals surface area (Å²) in [5, 5.41) is 3.33. The van der Waals surface area contributed by atoms with Gasteiger partial charge in [0.05, 0.1) is 13.1 Å². The van der Waals surface area contributed by atoms with E-state index in [1.54, 1.807) is 24.3 Å². The number of benzene rings is 1. The molecule has 5 nitrogen and oxygen atoms in total. The summed E-state index contributed by atoms with van der Waals surface area (Å²) in [6, 6.07) is 6.59. The van der Waals surface area contributed by atoms with Crippen LogP contribution in [0.15, 0.2) is 29.3 Å². The van der Waals surface area contributed by atoms with Crippen molar-refractivity contribution in [3.8, 4) is 0 Å². The van der Waals surface area contributed by atoms with Crippen LogP contribution in [0.3, 0.4) is 0 Å². The monoisotopic (exact) mass is 238 g/mol. The minimum atomic E-state index is -0.277. The van der Waals surface area contributed by atoms with Crippen molar-refractivity contribution < 1.29 is 4.79 Å². The van der Waals surface area contributed by atoms with Crippen LogP contribution >= 0.6 is 11.6 Å². The molecule has 0 fully saturated rings. The first-order valence-corrected chi connectivity index (χ1v) is 5.18. The van der Waals surface area contributed by atoms with Crippen LogP contribution in [0, 0.1) is 0 Å². The maximum Gasteiger partial charge on any atom is 0.328 e. The van der Waals surface area contributed by atoms with Crippen molar-refractivity contribution in [2.75, 3.05) is 18.4 Å². The zero-order chi connectivity index (χ0) is 11.5. The zero-order valence-corrected chi connectivity index (χ0v) is 9.24. The standard InChI is InChI=1S/C10H11ClN4O/c11-7-1-3-8(4-2-7)14-10(16)15-6-5-13-9(15)12/h1-4H,5-6H2,(H2,12,13)(H,14,16). The molecular weight excluding hydrogens is 228 g/mol. The quantitative estimate of drug-likeness (QED) is 0.778. The molecule has 1 aliphatic rings. The predicted octanol–water partition coefficient (Wildman–Crippen LogP) is 1.50. The highest BCUT2D eigenvalue weighted by atomic mass is 35.5. The SMILES string of the molecule is NC1=NCCN1C(=O)Nc1ccc(Cl)cc1. The molecule has 0 unspecified atom stereocenters. The van der Waals surface area contributed by atoms with E-state index in [9.17, 15) is 4.79 Å². The van der Waals surface area contributed by atoms with Crippen molar-refractivity contribution in [3.05, 3.63) is 29.3 Å². The van der Waals surface area contributed by atoms with E-state index in [0.717, 1.165) is 0 Å². The van der Waals surface area contributed by atoms with E-state index in [2.05, 4.69) is 10.3 Å². The Hall–Kier alpha value is -1.75. The molecule has 0 aliphatic carbocycles. The molecule has 0 saturated carbocycles. The van der Waals surface area contributed by atoms with Gasteiger partial charge in [0, 0.05) is 10.7 Å². The van der Waals surface area contributed by atoms with Crippen LogP contribution in [0.2, 0.25) is 5.02 Å². The summed E-state index contributed by atoms with van der Waals surface area (Å²) in [5.74, 6) is 0.256. The average Bonchev–Trinajstić information content (AvgIpc) is 2.68. The lowest BCUT2D eigenvalue weighted by Gasteiger charge is -2.16. The normalized spacial score (nSPS) is 14.8. The fourth-order valence-corrected chi connectivity index (χ4v) is 1.52. The van der Waals surface area contributed by atoms with Gasteiger partial charge in [-0.2, -0.15) is 0 Å². The fraction of sp³-hybridized carbons (Fsp3) is 0.200. The number of nitrogens with zero attached hydrogens (tertiary/aromatic N) is 2. The van der Waals surface area contributed by atoms with Crippen molar-refractivity contribution in [2.45, 2.75) is 0 Å². The number of urea groups is 1. The number of carbonyl (C=O) groups excluding carboxylic acids is 1. The van der Waals surface area contributed by atoms with Gasteiger partial charge in [-0.25, -0.2) is 4.79 Å². The second-order valence-electron chi connectivity index (χ2n) is 3.33. The predicted molar refractivity (Wildman–Crippen MR) is 63.7 cm³/mol. The van der Waals surface area contributed by atoms with E-state index in [0.29, 0.717) is 23.8 Å². The summed E-state index contributed by atoms with van der Waals surface area (Å²) in [6.45, 7) is 1.07. The van der Waals surface area contributed by atoms with Crippen LogP contribution in [0.1, 0.15) is 0 Å². The van der Waals surface area contributed by atoms with E-state index >= 15 is 0 Å². The maximum absolute atomic E-state index is 11.7. The first-order chi connectivity index (χ1) is 7.66. The zero-order valence-electron chi connectivity index (χ0n) is 8.48. The van der Waals surface area contributed by atoms with Crippen molar-refractivity contribution >= 4 is 29.3 Å². The van der Waals surface area contributed by atoms with Crippen LogP contribution in [-0.2, 0) is 0 Å². The van der Waals surface area contributed by atoms with E-state index < -0.39 is 0 Å². The molecule has 0 spiro atoms. The highest BCUT2D eigenvalue weighted by Crippen LogP contribution is 2.14. The van der Waals surface area contributed by atoms with E-state index in [-0.39, 0.29) is 12.0 Å². The number of aliphatic imine (C=N–C) groups is 1. The summed E-state index contributed by atoms with van der Waals surface area (Å²) in [4.78, 5) is 17.1. The molecule has 16 heavy (non-hydrogen) atoms. The largest absolute Gasteiger partial charge is 0.369 e. The molecule has 0 aromatic heterocycles. The number of rotatable bonds is 1. The Morgan fingerprint density at radius 1 is 1.44 bits per heavy atom. The Labute approximate surface area is 97.9 Å². The minimum Gasteiger partial charge on any atom is -0.369 e. The highest BCUT2D eigenvalue weighted by molar-refractivity contribution is 6.30. The van der Waals surface area contributed by atoms with Crippen LogP contribution in [0.25, 0.3) is 0 Å². The van der Waals surface area contributed by atoms with Crippen molar-refractivity contribution in [2.24, 2.45) is 10.7 Å². The van der Waals surface area contributed by atoms with Gasteiger partial charge in [-0.15, -0.1) is 0 Å². The Morgan fingerprint density at radius 2 is 2.12 bits per heavy atom. The van der Waals surface area contributed by atoms with Gasteiger partial charge in [-0.1, -0.05) is 11.6 Å². The molecule has 1 aromatic carbocycles. The van der Waals surface area contributed by atoms with Gasteiger partial charge in [0.15, 0.2) is 5.96 Å². The second kappa shape index (κ2) is 4.40. The lowest BCUT2D eigenvalue weighted by molar-refractivity contribution is 0.236. The number of guanidine groups is 1. The molecule has 0 saturated heterocycles. The number of hydrogen-bond acceptors (Lipinski definition) is 3. The number of carbonyl (C=O) groups is 1. The Kier molecular flexibility index (Phi) is 2.96. The van der Waals surface area contributed by atoms with Gasteiger partial charge in [0.25, 0.3) is 0 Å². The molecule has 0 atom stereocenters. The molecule has 0 radical (unpaired) electrons. The molecule has 84 valence electrons.